The summed E-state index contributed by atoms with van der Waals surface area (Å²) in [5.41, 5.74) is 6.72. The highest BCUT2D eigenvalue weighted by atomic mass is 35.5. The third-order valence-electron chi connectivity index (χ3n) is 0.912. The van der Waals surface area contributed by atoms with Crippen molar-refractivity contribution in [1.29, 1.82) is 0 Å². The van der Waals surface area contributed by atoms with Crippen LogP contribution in [0, 0.1) is 0 Å². The van der Waals surface area contributed by atoms with Gasteiger partial charge in [-0.15, -0.1) is 5.10 Å². The Bertz CT molecular complexity index is 229. The van der Waals surface area contributed by atoms with E-state index in [1.807, 2.05) is 0 Å². The van der Waals surface area contributed by atoms with Crippen molar-refractivity contribution in [3.63, 3.8) is 0 Å². The fourth-order valence-electron chi connectivity index (χ4n) is 0.533. The van der Waals surface area contributed by atoms with E-state index in [0.29, 0.717) is 12.4 Å². The van der Waals surface area contributed by atoms with E-state index in [0.717, 1.165) is 0 Å². The summed E-state index contributed by atoms with van der Waals surface area (Å²) in [5, 5.41) is 7.65. The number of nitrogens with zero attached hydrogens (tertiary/aromatic N) is 3. The zero-order valence-electron chi connectivity index (χ0n) is 5.24. The van der Waals surface area contributed by atoms with Crippen LogP contribution < -0.4 is 5.73 Å². The van der Waals surface area contributed by atoms with Crippen LogP contribution in [-0.4, -0.2) is 15.0 Å². The van der Waals surface area contributed by atoms with Gasteiger partial charge in [0.05, 0.1) is 12.7 Å². The van der Waals surface area contributed by atoms with Crippen molar-refractivity contribution in [3.05, 3.63) is 17.8 Å². The van der Waals surface area contributed by atoms with Crippen LogP contribution >= 0.6 is 11.6 Å². The third kappa shape index (κ3) is 1.73. The maximum absolute atomic E-state index is 5.30. The number of anilines is 1. The molecule has 1 aromatic rings. The molecule has 5 heteroatoms. The van der Waals surface area contributed by atoms with Crippen molar-refractivity contribution in [1.82, 2.24) is 15.0 Å². The minimum Gasteiger partial charge on any atom is -0.381 e. The summed E-state index contributed by atoms with van der Waals surface area (Å²) in [6.07, 6.45) is 3.21. The van der Waals surface area contributed by atoms with Gasteiger partial charge in [-0.2, -0.15) is 9.90 Å². The lowest BCUT2D eigenvalue weighted by molar-refractivity contribution is 0.604. The Morgan fingerprint density at radius 1 is 1.80 bits per heavy atom. The zero-order chi connectivity index (χ0) is 7.40. The standard InChI is InChI=1S/C5H7ClN4/c6-2-1-3-10-8-4-5(7)9-10/h1-2,4H,3H2,(H2,7,9)/b2-1+. The predicted molar refractivity (Wildman–Crippen MR) is 39.4 cm³/mol. The van der Waals surface area contributed by atoms with E-state index < -0.39 is 0 Å². The summed E-state index contributed by atoms with van der Waals surface area (Å²) in [4.78, 5) is 1.45. The first-order chi connectivity index (χ1) is 4.83. The van der Waals surface area contributed by atoms with Crippen LogP contribution in [0.25, 0.3) is 0 Å². The molecule has 54 valence electrons. The van der Waals surface area contributed by atoms with Gasteiger partial charge in [0.2, 0.25) is 0 Å². The topological polar surface area (TPSA) is 56.7 Å². The average Bonchev–Trinajstić information content (AvgIpc) is 2.31. The summed E-state index contributed by atoms with van der Waals surface area (Å²) in [7, 11) is 0. The Morgan fingerprint density at radius 2 is 2.60 bits per heavy atom. The van der Waals surface area contributed by atoms with Crippen molar-refractivity contribution in [2.45, 2.75) is 6.54 Å². The number of halogens is 1. The largest absolute Gasteiger partial charge is 0.381 e. The molecule has 0 saturated heterocycles. The number of nitrogen functional groups attached to an aromatic ring is 1. The van der Waals surface area contributed by atoms with Crippen molar-refractivity contribution in [2.24, 2.45) is 0 Å². The Balaban J connectivity index is 2.58. The van der Waals surface area contributed by atoms with Gasteiger partial charge in [0.15, 0.2) is 5.82 Å². The van der Waals surface area contributed by atoms with Crippen LogP contribution in [0.4, 0.5) is 5.82 Å². The summed E-state index contributed by atoms with van der Waals surface area (Å²) in [5.74, 6) is 0.419. The van der Waals surface area contributed by atoms with Gasteiger partial charge in [0, 0.05) is 5.54 Å². The van der Waals surface area contributed by atoms with E-state index in [1.165, 1.54) is 16.5 Å². The Morgan fingerprint density at radius 3 is 3.10 bits per heavy atom. The van der Waals surface area contributed by atoms with Crippen LogP contribution in [0.3, 0.4) is 0 Å². The molecular weight excluding hydrogens is 152 g/mol. The van der Waals surface area contributed by atoms with E-state index in [2.05, 4.69) is 10.2 Å². The second kappa shape index (κ2) is 3.22. The van der Waals surface area contributed by atoms with Crippen LogP contribution in [0.15, 0.2) is 17.8 Å². The quantitative estimate of drug-likeness (QED) is 0.686. The molecule has 0 aliphatic carbocycles. The molecule has 0 aromatic carbocycles. The molecular formula is C5H7ClN4. The fourth-order valence-corrected chi connectivity index (χ4v) is 0.612. The van der Waals surface area contributed by atoms with E-state index in [4.69, 9.17) is 17.3 Å². The van der Waals surface area contributed by atoms with Crippen LogP contribution in [0.5, 0.6) is 0 Å². The third-order valence-corrected chi connectivity index (χ3v) is 1.09. The molecule has 0 bridgehead atoms. The van der Waals surface area contributed by atoms with Crippen LogP contribution in [-0.2, 0) is 6.54 Å². The maximum atomic E-state index is 5.30. The lowest BCUT2D eigenvalue weighted by Gasteiger charge is -1.88. The molecule has 0 aliphatic heterocycles. The van der Waals surface area contributed by atoms with Crippen molar-refractivity contribution in [2.75, 3.05) is 5.73 Å². The molecule has 0 amide bonds. The number of allylic oxidation sites excluding steroid dienone is 1. The summed E-state index contributed by atoms with van der Waals surface area (Å²) >= 11 is 5.28. The second-order valence-corrected chi connectivity index (χ2v) is 1.94. The number of aromatic nitrogens is 3. The molecule has 0 atom stereocenters. The molecule has 1 rings (SSSR count). The smallest absolute Gasteiger partial charge is 0.165 e. The minimum atomic E-state index is 0.419. The van der Waals surface area contributed by atoms with E-state index >= 15 is 0 Å². The molecule has 0 radical (unpaired) electrons. The number of hydrogen-bond acceptors (Lipinski definition) is 3. The first-order valence-corrected chi connectivity index (χ1v) is 3.17. The summed E-state index contributed by atoms with van der Waals surface area (Å²) < 4.78 is 0. The average molecular weight is 159 g/mol. The Labute approximate surface area is 63.3 Å². The highest BCUT2D eigenvalue weighted by molar-refractivity contribution is 6.25. The van der Waals surface area contributed by atoms with Crippen molar-refractivity contribution < 1.29 is 0 Å². The number of rotatable bonds is 2. The molecule has 1 heterocycles. The number of nitrogens with two attached hydrogens (primary N) is 1. The van der Waals surface area contributed by atoms with Gasteiger partial charge in [0.1, 0.15) is 0 Å². The normalized spacial score (nSPS) is 10.9. The van der Waals surface area contributed by atoms with Crippen molar-refractivity contribution >= 4 is 17.4 Å². The molecule has 1 aromatic heterocycles. The highest BCUT2D eigenvalue weighted by Crippen LogP contribution is 1.90. The SMILES string of the molecule is Nc1cnn(C/C=C/Cl)n1. The van der Waals surface area contributed by atoms with Crippen molar-refractivity contribution in [3.8, 4) is 0 Å². The monoisotopic (exact) mass is 158 g/mol. The van der Waals surface area contributed by atoms with E-state index in [-0.39, 0.29) is 0 Å². The fraction of sp³-hybridized carbons (Fsp3) is 0.200. The van der Waals surface area contributed by atoms with E-state index in [1.54, 1.807) is 6.08 Å². The summed E-state index contributed by atoms with van der Waals surface area (Å²) in [6.45, 7) is 0.556. The highest BCUT2D eigenvalue weighted by Gasteiger charge is 1.90. The van der Waals surface area contributed by atoms with Gasteiger partial charge >= 0.3 is 0 Å². The molecule has 0 aliphatic rings. The van der Waals surface area contributed by atoms with E-state index in [9.17, 15) is 0 Å². The molecule has 0 spiro atoms. The number of hydrogen-bond donors (Lipinski definition) is 1. The Kier molecular flexibility index (Phi) is 2.28. The molecule has 0 unspecified atom stereocenters. The predicted octanol–water partition coefficient (Wildman–Crippen LogP) is 0.613. The van der Waals surface area contributed by atoms with Gasteiger partial charge < -0.3 is 5.73 Å². The molecule has 0 fully saturated rings. The van der Waals surface area contributed by atoms with Gasteiger partial charge in [0.25, 0.3) is 0 Å². The van der Waals surface area contributed by atoms with Gasteiger partial charge in [-0.1, -0.05) is 17.7 Å². The lowest BCUT2D eigenvalue weighted by Crippen LogP contribution is -1.99. The van der Waals surface area contributed by atoms with Crippen LogP contribution in [0.2, 0.25) is 0 Å². The minimum absolute atomic E-state index is 0.419. The maximum Gasteiger partial charge on any atom is 0.165 e. The molecule has 2 N–H and O–H groups in total. The van der Waals surface area contributed by atoms with Gasteiger partial charge in [-0.05, 0) is 0 Å². The molecule has 10 heavy (non-hydrogen) atoms. The van der Waals surface area contributed by atoms with Gasteiger partial charge in [-0.25, -0.2) is 0 Å². The summed E-state index contributed by atoms with van der Waals surface area (Å²) in [6, 6.07) is 0. The molecule has 4 nitrogen and oxygen atoms in total. The Hall–Kier alpha value is -1.03. The first-order valence-electron chi connectivity index (χ1n) is 2.74. The second-order valence-electron chi connectivity index (χ2n) is 1.69. The molecule has 0 saturated carbocycles. The first kappa shape index (κ1) is 7.08. The zero-order valence-corrected chi connectivity index (χ0v) is 5.99. The van der Waals surface area contributed by atoms with Crippen LogP contribution in [0.1, 0.15) is 0 Å². The van der Waals surface area contributed by atoms with Gasteiger partial charge in [-0.3, -0.25) is 0 Å². The lowest BCUT2D eigenvalue weighted by atomic mass is 10.7.